The fourth-order valence-corrected chi connectivity index (χ4v) is 3.68. The minimum atomic E-state index is -0.610. The van der Waals surface area contributed by atoms with Crippen molar-refractivity contribution in [2.24, 2.45) is 0 Å². The van der Waals surface area contributed by atoms with Gasteiger partial charge in [-0.15, -0.1) is 0 Å². The number of nitrogens with zero attached hydrogens (tertiary/aromatic N) is 1. The van der Waals surface area contributed by atoms with Crippen LogP contribution in [0.1, 0.15) is 32.9 Å². The average molecular weight is 392 g/mol. The first-order valence-electron chi connectivity index (χ1n) is 9.68. The van der Waals surface area contributed by atoms with Crippen LogP contribution in [0, 0.1) is 32.4 Å². The molecule has 7 heteroatoms. The number of amides is 1. The second-order valence-electron chi connectivity index (χ2n) is 7.37. The summed E-state index contributed by atoms with van der Waals surface area (Å²) in [6.07, 6.45) is 0. The Morgan fingerprint density at radius 3 is 2.57 bits per heavy atom. The summed E-state index contributed by atoms with van der Waals surface area (Å²) in [5.74, 6) is -1.38. The van der Waals surface area contributed by atoms with E-state index in [0.717, 1.165) is 55.7 Å². The van der Waals surface area contributed by atoms with Crippen molar-refractivity contribution in [3.05, 3.63) is 57.9 Å². The molecule has 2 aromatic rings. The molecule has 1 amide bonds. The molecule has 0 atom stereocenters. The number of benzene rings is 1. The molecule has 0 unspecified atom stereocenters. The SMILES string of the molecule is Cc1c(C)c(C(=O)NCC[NH+]2CCOCC2)n(Cc2ccc(F)cc2F)c1C. The van der Waals surface area contributed by atoms with Gasteiger partial charge in [0.05, 0.1) is 32.8 Å². The van der Waals surface area contributed by atoms with Crippen molar-refractivity contribution in [2.45, 2.75) is 27.3 Å². The molecule has 5 nitrogen and oxygen atoms in total. The highest BCUT2D eigenvalue weighted by Crippen LogP contribution is 2.23. The Labute approximate surface area is 164 Å². The minimum absolute atomic E-state index is 0.163. The summed E-state index contributed by atoms with van der Waals surface area (Å²) >= 11 is 0. The Morgan fingerprint density at radius 2 is 1.89 bits per heavy atom. The van der Waals surface area contributed by atoms with Crippen LogP contribution in [-0.2, 0) is 11.3 Å². The standard InChI is InChI=1S/C21H27F2N3O2/c1-14-15(2)20(21(27)24-6-7-25-8-10-28-11-9-25)26(16(14)3)13-17-4-5-18(22)12-19(17)23/h4-5,12H,6-11,13H2,1-3H3,(H,24,27)/p+1. The van der Waals surface area contributed by atoms with Crippen molar-refractivity contribution in [1.82, 2.24) is 9.88 Å². The summed E-state index contributed by atoms with van der Waals surface area (Å²) < 4.78 is 34.5. The van der Waals surface area contributed by atoms with Crippen LogP contribution in [0.5, 0.6) is 0 Å². The molecule has 1 aliphatic heterocycles. The first kappa shape index (κ1) is 20.5. The molecule has 1 aromatic heterocycles. The van der Waals surface area contributed by atoms with Crippen LogP contribution in [-0.4, -0.2) is 49.9 Å². The quantitative estimate of drug-likeness (QED) is 0.781. The molecule has 0 spiro atoms. The highest BCUT2D eigenvalue weighted by atomic mass is 19.1. The van der Waals surface area contributed by atoms with Crippen molar-refractivity contribution in [3.8, 4) is 0 Å². The molecule has 1 aromatic carbocycles. The molecule has 0 radical (unpaired) electrons. The Bertz CT molecular complexity index is 858. The molecule has 3 rings (SSSR count). The fraction of sp³-hybridized carbons (Fsp3) is 0.476. The zero-order chi connectivity index (χ0) is 20.3. The van der Waals surface area contributed by atoms with Crippen molar-refractivity contribution in [1.29, 1.82) is 0 Å². The topological polar surface area (TPSA) is 47.7 Å². The molecule has 0 bridgehead atoms. The second kappa shape index (κ2) is 8.84. The van der Waals surface area contributed by atoms with Crippen LogP contribution in [0.25, 0.3) is 0 Å². The predicted molar refractivity (Wildman–Crippen MR) is 103 cm³/mol. The van der Waals surface area contributed by atoms with Gasteiger partial charge in [-0.3, -0.25) is 4.79 Å². The average Bonchev–Trinajstić information content (AvgIpc) is 2.88. The number of morpholine rings is 1. The van der Waals surface area contributed by atoms with E-state index in [1.807, 2.05) is 25.3 Å². The monoisotopic (exact) mass is 392 g/mol. The molecule has 1 saturated heterocycles. The number of halogens is 2. The molecule has 1 fully saturated rings. The van der Waals surface area contributed by atoms with Crippen molar-refractivity contribution in [2.75, 3.05) is 39.4 Å². The van der Waals surface area contributed by atoms with Gasteiger partial charge in [-0.1, -0.05) is 6.07 Å². The first-order chi connectivity index (χ1) is 13.4. The van der Waals surface area contributed by atoms with E-state index >= 15 is 0 Å². The van der Waals surface area contributed by atoms with Gasteiger partial charge in [-0.05, 0) is 38.0 Å². The summed E-state index contributed by atoms with van der Waals surface area (Å²) in [5.41, 5.74) is 3.69. The van der Waals surface area contributed by atoms with Crippen LogP contribution < -0.4 is 10.2 Å². The number of carbonyl (C=O) groups excluding carboxylic acids is 1. The molecular formula is C21H28F2N3O2+. The number of ether oxygens (including phenoxy) is 1. The van der Waals surface area contributed by atoms with Crippen LogP contribution in [0.4, 0.5) is 8.78 Å². The summed E-state index contributed by atoms with van der Waals surface area (Å²) in [7, 11) is 0. The number of carbonyl (C=O) groups is 1. The molecule has 2 N–H and O–H groups in total. The van der Waals surface area contributed by atoms with Crippen LogP contribution >= 0.6 is 0 Å². The molecule has 0 aliphatic carbocycles. The molecule has 28 heavy (non-hydrogen) atoms. The number of aromatic nitrogens is 1. The molecular weight excluding hydrogens is 364 g/mol. The number of rotatable bonds is 6. The Hall–Kier alpha value is -2.25. The minimum Gasteiger partial charge on any atom is -0.370 e. The zero-order valence-corrected chi connectivity index (χ0v) is 16.7. The van der Waals surface area contributed by atoms with Gasteiger partial charge in [-0.2, -0.15) is 0 Å². The lowest BCUT2D eigenvalue weighted by Gasteiger charge is -2.23. The third-order valence-electron chi connectivity index (χ3n) is 5.66. The maximum Gasteiger partial charge on any atom is 0.268 e. The van der Waals surface area contributed by atoms with Gasteiger partial charge in [0.15, 0.2) is 0 Å². The molecule has 2 heterocycles. The fourth-order valence-electron chi connectivity index (χ4n) is 3.68. The van der Waals surface area contributed by atoms with E-state index in [1.54, 1.807) is 0 Å². The third kappa shape index (κ3) is 4.42. The lowest BCUT2D eigenvalue weighted by atomic mass is 10.1. The van der Waals surface area contributed by atoms with E-state index < -0.39 is 11.6 Å². The Kier molecular flexibility index (Phi) is 6.46. The highest BCUT2D eigenvalue weighted by molar-refractivity contribution is 5.95. The van der Waals surface area contributed by atoms with Gasteiger partial charge < -0.3 is 19.5 Å². The maximum absolute atomic E-state index is 14.1. The van der Waals surface area contributed by atoms with Gasteiger partial charge in [0.25, 0.3) is 5.91 Å². The third-order valence-corrected chi connectivity index (χ3v) is 5.66. The smallest absolute Gasteiger partial charge is 0.268 e. The highest BCUT2D eigenvalue weighted by Gasteiger charge is 2.22. The lowest BCUT2D eigenvalue weighted by molar-refractivity contribution is -0.906. The Balaban J connectivity index is 1.76. The van der Waals surface area contributed by atoms with Gasteiger partial charge in [-0.25, -0.2) is 8.78 Å². The lowest BCUT2D eigenvalue weighted by Crippen LogP contribution is -3.14. The molecule has 1 aliphatic rings. The number of nitrogens with one attached hydrogen (secondary N) is 2. The first-order valence-corrected chi connectivity index (χ1v) is 9.68. The van der Waals surface area contributed by atoms with Crippen molar-refractivity contribution < 1.29 is 23.2 Å². The van der Waals surface area contributed by atoms with E-state index in [1.165, 1.54) is 17.0 Å². The van der Waals surface area contributed by atoms with Crippen LogP contribution in [0.2, 0.25) is 0 Å². The number of hydrogen-bond acceptors (Lipinski definition) is 2. The summed E-state index contributed by atoms with van der Waals surface area (Å²) in [5, 5.41) is 3.00. The van der Waals surface area contributed by atoms with Gasteiger partial charge in [0.2, 0.25) is 0 Å². The molecule has 0 saturated carbocycles. The summed E-state index contributed by atoms with van der Waals surface area (Å²) in [4.78, 5) is 14.3. The number of hydrogen-bond donors (Lipinski definition) is 2. The second-order valence-corrected chi connectivity index (χ2v) is 7.37. The van der Waals surface area contributed by atoms with E-state index in [0.29, 0.717) is 17.8 Å². The van der Waals surface area contributed by atoms with Gasteiger partial charge >= 0.3 is 0 Å². The zero-order valence-electron chi connectivity index (χ0n) is 16.7. The van der Waals surface area contributed by atoms with E-state index in [4.69, 9.17) is 4.74 Å². The summed E-state index contributed by atoms with van der Waals surface area (Å²) in [6.45, 7) is 10.8. The molecule has 152 valence electrons. The number of quaternary nitrogens is 1. The van der Waals surface area contributed by atoms with Gasteiger partial charge in [0, 0.05) is 17.3 Å². The Morgan fingerprint density at radius 1 is 1.18 bits per heavy atom. The van der Waals surface area contributed by atoms with Crippen LogP contribution in [0.15, 0.2) is 18.2 Å². The van der Waals surface area contributed by atoms with E-state index in [-0.39, 0.29) is 12.5 Å². The van der Waals surface area contributed by atoms with Gasteiger partial charge in [0.1, 0.15) is 30.4 Å². The maximum atomic E-state index is 14.1. The predicted octanol–water partition coefficient (Wildman–Crippen LogP) is 1.38. The summed E-state index contributed by atoms with van der Waals surface area (Å²) in [6, 6.07) is 3.54. The van der Waals surface area contributed by atoms with E-state index in [9.17, 15) is 13.6 Å². The van der Waals surface area contributed by atoms with Crippen LogP contribution in [0.3, 0.4) is 0 Å². The van der Waals surface area contributed by atoms with Crippen molar-refractivity contribution in [3.63, 3.8) is 0 Å². The normalized spacial score (nSPS) is 15.0. The largest absolute Gasteiger partial charge is 0.370 e. The van der Waals surface area contributed by atoms with Crippen molar-refractivity contribution >= 4 is 5.91 Å². The van der Waals surface area contributed by atoms with E-state index in [2.05, 4.69) is 5.32 Å².